The van der Waals surface area contributed by atoms with Crippen molar-refractivity contribution in [2.45, 2.75) is 32.7 Å². The van der Waals surface area contributed by atoms with Crippen molar-refractivity contribution < 1.29 is 9.53 Å². The van der Waals surface area contributed by atoms with Crippen LogP contribution < -0.4 is 5.56 Å². The molecule has 2 saturated heterocycles. The molecular weight excluding hydrogens is 394 g/mol. The zero-order valence-corrected chi connectivity index (χ0v) is 18.2. The first-order valence-electron chi connectivity index (χ1n) is 11.2. The highest BCUT2D eigenvalue weighted by molar-refractivity contribution is 6.07. The highest BCUT2D eigenvalue weighted by atomic mass is 16.5. The Morgan fingerprint density at radius 2 is 1.90 bits per heavy atom. The van der Waals surface area contributed by atoms with Gasteiger partial charge in [0.1, 0.15) is 0 Å². The predicted octanol–water partition coefficient (Wildman–Crippen LogP) is 2.32. The second kappa shape index (κ2) is 8.09. The fourth-order valence-corrected chi connectivity index (χ4v) is 4.87. The van der Waals surface area contributed by atoms with Gasteiger partial charge in [-0.1, -0.05) is 6.92 Å². The molecule has 0 radical (unpaired) electrons. The third kappa shape index (κ3) is 3.53. The maximum absolute atomic E-state index is 13.4. The van der Waals surface area contributed by atoms with Crippen LogP contribution in [0.25, 0.3) is 21.8 Å². The molecule has 5 rings (SSSR count). The van der Waals surface area contributed by atoms with Crippen LogP contribution in [-0.2, 0) is 4.74 Å². The molecular formula is C23H29N5O3. The summed E-state index contributed by atoms with van der Waals surface area (Å²) >= 11 is 0. The van der Waals surface area contributed by atoms with Crippen molar-refractivity contribution in [2.75, 3.05) is 45.9 Å². The number of nitrogens with one attached hydrogen (secondary N) is 1. The van der Waals surface area contributed by atoms with Gasteiger partial charge in [0, 0.05) is 50.3 Å². The molecule has 8 heteroatoms. The number of carbonyl (C=O) groups excluding carboxylic acids is 1. The monoisotopic (exact) mass is 423 g/mol. The largest absolute Gasteiger partial charge is 0.381 e. The molecule has 3 aromatic rings. The summed E-state index contributed by atoms with van der Waals surface area (Å²) in [5.41, 5.74) is 3.00. The number of fused-ring (bicyclic) bond motifs is 3. The summed E-state index contributed by atoms with van der Waals surface area (Å²) in [6.45, 7) is 9.78. The highest BCUT2D eigenvalue weighted by Gasteiger charge is 2.25. The summed E-state index contributed by atoms with van der Waals surface area (Å²) in [6.07, 6.45) is 3.38. The molecule has 1 amide bonds. The molecule has 31 heavy (non-hydrogen) atoms. The third-order valence-electron chi connectivity index (χ3n) is 6.78. The van der Waals surface area contributed by atoms with E-state index >= 15 is 0 Å². The number of pyridine rings is 1. The van der Waals surface area contributed by atoms with Crippen molar-refractivity contribution in [3.05, 3.63) is 39.8 Å². The average Bonchev–Trinajstić information content (AvgIpc) is 3.25. The Balaban J connectivity index is 1.61. The Kier molecular flexibility index (Phi) is 5.27. The Hall–Kier alpha value is -2.71. The van der Waals surface area contributed by atoms with Crippen molar-refractivity contribution in [1.29, 1.82) is 0 Å². The van der Waals surface area contributed by atoms with Gasteiger partial charge in [0.15, 0.2) is 0 Å². The third-order valence-corrected chi connectivity index (χ3v) is 6.78. The van der Waals surface area contributed by atoms with Gasteiger partial charge in [0.2, 0.25) is 0 Å². The number of H-pyrrole nitrogens is 1. The summed E-state index contributed by atoms with van der Waals surface area (Å²) in [5, 5.41) is 6.02. The average molecular weight is 424 g/mol. The van der Waals surface area contributed by atoms with Gasteiger partial charge in [-0.15, -0.1) is 0 Å². The van der Waals surface area contributed by atoms with E-state index in [9.17, 15) is 9.59 Å². The fraction of sp³-hybridized carbons (Fsp3) is 0.522. The van der Waals surface area contributed by atoms with E-state index < -0.39 is 0 Å². The number of carbonyl (C=O) groups is 1. The summed E-state index contributed by atoms with van der Waals surface area (Å²) in [7, 11) is 0. The van der Waals surface area contributed by atoms with Crippen LogP contribution in [0, 0.1) is 6.92 Å². The normalized spacial score (nSPS) is 18.8. The lowest BCUT2D eigenvalue weighted by atomic mass is 10.0. The Bertz CT molecular complexity index is 1180. The first-order chi connectivity index (χ1) is 15.1. The van der Waals surface area contributed by atoms with E-state index in [0.717, 1.165) is 67.5 Å². The minimum absolute atomic E-state index is 0.0617. The Morgan fingerprint density at radius 1 is 1.16 bits per heavy atom. The molecule has 0 saturated carbocycles. The van der Waals surface area contributed by atoms with Crippen LogP contribution in [0.5, 0.6) is 0 Å². The number of piperazine rings is 1. The summed E-state index contributed by atoms with van der Waals surface area (Å²) < 4.78 is 7.48. The van der Waals surface area contributed by atoms with Crippen molar-refractivity contribution in [3.8, 4) is 0 Å². The lowest BCUT2D eigenvalue weighted by Gasteiger charge is -2.34. The molecule has 2 fully saturated rings. The van der Waals surface area contributed by atoms with Gasteiger partial charge in [0.25, 0.3) is 11.5 Å². The van der Waals surface area contributed by atoms with E-state index in [1.54, 1.807) is 6.20 Å². The summed E-state index contributed by atoms with van der Waals surface area (Å²) in [5.74, 6) is 0.0617. The van der Waals surface area contributed by atoms with Crippen molar-refractivity contribution >= 4 is 27.7 Å². The molecule has 2 aliphatic heterocycles. The number of rotatable bonds is 3. The second-order valence-corrected chi connectivity index (χ2v) is 8.59. The molecule has 1 N–H and O–H groups in total. The number of aryl methyl sites for hydroxylation is 1. The number of aromatic amines is 1. The van der Waals surface area contributed by atoms with Gasteiger partial charge in [0.05, 0.1) is 28.7 Å². The molecule has 0 bridgehead atoms. The zero-order valence-electron chi connectivity index (χ0n) is 18.2. The van der Waals surface area contributed by atoms with Crippen LogP contribution >= 0.6 is 0 Å². The van der Waals surface area contributed by atoms with Gasteiger partial charge >= 0.3 is 0 Å². The zero-order chi connectivity index (χ0) is 21.5. The van der Waals surface area contributed by atoms with Gasteiger partial charge in [-0.2, -0.15) is 5.10 Å². The summed E-state index contributed by atoms with van der Waals surface area (Å²) in [4.78, 5) is 33.4. The first kappa shape index (κ1) is 20.2. The van der Waals surface area contributed by atoms with Crippen molar-refractivity contribution in [1.82, 2.24) is 24.6 Å². The molecule has 2 aromatic heterocycles. The molecule has 164 valence electrons. The lowest BCUT2D eigenvalue weighted by Crippen LogP contribution is -2.48. The van der Waals surface area contributed by atoms with Crippen LogP contribution in [-0.4, -0.2) is 76.4 Å². The van der Waals surface area contributed by atoms with E-state index in [1.165, 1.54) is 0 Å². The molecule has 1 aromatic carbocycles. The summed E-state index contributed by atoms with van der Waals surface area (Å²) in [6, 6.07) is 4.07. The molecule has 0 aliphatic carbocycles. The van der Waals surface area contributed by atoms with E-state index in [4.69, 9.17) is 4.74 Å². The maximum atomic E-state index is 13.4. The number of ether oxygens (including phenoxy) is 1. The molecule has 4 heterocycles. The van der Waals surface area contributed by atoms with E-state index in [0.29, 0.717) is 24.2 Å². The van der Waals surface area contributed by atoms with Crippen LogP contribution in [0.2, 0.25) is 0 Å². The van der Waals surface area contributed by atoms with Crippen molar-refractivity contribution in [3.63, 3.8) is 0 Å². The lowest BCUT2D eigenvalue weighted by molar-refractivity contribution is 0.0643. The van der Waals surface area contributed by atoms with E-state index in [2.05, 4.69) is 21.9 Å². The van der Waals surface area contributed by atoms with Gasteiger partial charge in [-0.05, 0) is 44.0 Å². The standard InChI is InChI=1S/C23H29N5O3/c1-3-26-6-8-27(9-7-26)23(30)17-13-18-20(12-15(17)2)25-22(29)19-14-24-28(21(18)19)16-4-10-31-11-5-16/h12-14,16H,3-11H2,1-2H3,(H,25,29). The van der Waals surface area contributed by atoms with Crippen LogP contribution in [0.15, 0.2) is 23.1 Å². The molecule has 0 spiro atoms. The van der Waals surface area contributed by atoms with Gasteiger partial charge < -0.3 is 19.5 Å². The predicted molar refractivity (Wildman–Crippen MR) is 120 cm³/mol. The molecule has 0 atom stereocenters. The Morgan fingerprint density at radius 3 is 2.61 bits per heavy atom. The number of nitrogens with zero attached hydrogens (tertiary/aromatic N) is 4. The first-order valence-corrected chi connectivity index (χ1v) is 11.2. The smallest absolute Gasteiger partial charge is 0.259 e. The number of likely N-dealkylation sites (N-methyl/N-ethyl adjacent to an activating group) is 1. The van der Waals surface area contributed by atoms with Crippen molar-refractivity contribution in [2.24, 2.45) is 0 Å². The van der Waals surface area contributed by atoms with E-state index in [-0.39, 0.29) is 17.5 Å². The van der Waals surface area contributed by atoms with Crippen LogP contribution in [0.3, 0.4) is 0 Å². The second-order valence-electron chi connectivity index (χ2n) is 8.59. The number of benzene rings is 1. The minimum Gasteiger partial charge on any atom is -0.381 e. The number of amides is 1. The van der Waals surface area contributed by atoms with Crippen LogP contribution in [0.1, 0.15) is 41.7 Å². The Labute approximate surface area is 180 Å². The highest BCUT2D eigenvalue weighted by Crippen LogP contribution is 2.30. The number of aromatic nitrogens is 3. The quantitative estimate of drug-likeness (QED) is 0.699. The van der Waals surface area contributed by atoms with Crippen LogP contribution in [0.4, 0.5) is 0 Å². The minimum atomic E-state index is -0.144. The molecule has 8 nitrogen and oxygen atoms in total. The van der Waals surface area contributed by atoms with E-state index in [1.807, 2.05) is 28.6 Å². The molecule has 0 unspecified atom stereocenters. The van der Waals surface area contributed by atoms with Gasteiger partial charge in [-0.3, -0.25) is 14.3 Å². The number of hydrogen-bond acceptors (Lipinski definition) is 5. The maximum Gasteiger partial charge on any atom is 0.259 e. The molecule has 2 aliphatic rings. The van der Waals surface area contributed by atoms with Gasteiger partial charge in [-0.25, -0.2) is 0 Å². The fourth-order valence-electron chi connectivity index (χ4n) is 4.87. The number of hydrogen-bond donors (Lipinski definition) is 1. The SMILES string of the molecule is CCN1CCN(C(=O)c2cc3c(cc2C)[nH]c(=O)c2cnn(C4CCOCC4)c23)CC1. The topological polar surface area (TPSA) is 83.5 Å².